The number of fused-ring (bicyclic) bond motifs is 1. The number of morpholine rings is 1. The number of aromatic nitrogens is 1. The Morgan fingerprint density at radius 2 is 1.83 bits per heavy atom. The van der Waals surface area contributed by atoms with Crippen LogP contribution in [-0.2, 0) is 20.5 Å². The monoisotopic (exact) mass is 419 g/mol. The van der Waals surface area contributed by atoms with E-state index in [1.165, 1.54) is 12.1 Å². The molecule has 1 N–H and O–H groups in total. The Morgan fingerprint density at radius 3 is 2.59 bits per heavy atom. The number of nitrogens with one attached hydrogen (secondary N) is 1. The molecule has 154 valence electrons. The third kappa shape index (κ3) is 4.81. The summed E-state index contributed by atoms with van der Waals surface area (Å²) in [5.74, 6) is -0.600. The second-order valence-corrected chi connectivity index (χ2v) is 8.76. The first-order valence-electron chi connectivity index (χ1n) is 9.40. The van der Waals surface area contributed by atoms with Crippen LogP contribution in [0.4, 0.5) is 4.39 Å². The number of halogens is 1. The first kappa shape index (κ1) is 20.0. The Balaban J connectivity index is 1.50. The molecule has 3 aromatic rings. The van der Waals surface area contributed by atoms with Crippen LogP contribution in [0.5, 0.6) is 0 Å². The summed E-state index contributed by atoms with van der Waals surface area (Å²) in [6.07, 6.45) is 0. The molecule has 1 atom stereocenters. The first-order chi connectivity index (χ1) is 14.0. The molecule has 2 heterocycles. The highest BCUT2D eigenvalue weighted by Gasteiger charge is 2.25. The Bertz CT molecular complexity index is 1060. The lowest BCUT2D eigenvalue weighted by molar-refractivity contribution is 0.0172. The molecule has 29 heavy (non-hydrogen) atoms. The van der Waals surface area contributed by atoms with Gasteiger partial charge in [-0.2, -0.15) is 0 Å². The van der Waals surface area contributed by atoms with Crippen LogP contribution in [0.3, 0.4) is 0 Å². The minimum atomic E-state index is -3.65. The zero-order valence-electron chi connectivity index (χ0n) is 15.8. The summed E-state index contributed by atoms with van der Waals surface area (Å²) in [7, 11) is -3.65. The van der Waals surface area contributed by atoms with Gasteiger partial charge in [0.15, 0.2) is 5.58 Å². The van der Waals surface area contributed by atoms with Gasteiger partial charge in [0.25, 0.3) is 0 Å². The number of para-hydroxylation sites is 1. The molecule has 9 heteroatoms. The lowest BCUT2D eigenvalue weighted by Crippen LogP contribution is -2.44. The number of hydrogen-bond acceptors (Lipinski definition) is 6. The molecule has 1 saturated heterocycles. The van der Waals surface area contributed by atoms with Gasteiger partial charge in [0.1, 0.15) is 17.3 Å². The quantitative estimate of drug-likeness (QED) is 0.633. The number of benzene rings is 2. The summed E-state index contributed by atoms with van der Waals surface area (Å²) in [6, 6.07) is 13.1. The number of hydrogen-bond donors (Lipinski definition) is 1. The topological polar surface area (TPSA) is 84.7 Å². The van der Waals surface area contributed by atoms with Crippen LogP contribution in [-0.4, -0.2) is 51.3 Å². The third-order valence-electron chi connectivity index (χ3n) is 5.02. The predicted molar refractivity (Wildman–Crippen MR) is 106 cm³/mol. The van der Waals surface area contributed by atoms with Crippen molar-refractivity contribution in [2.75, 3.05) is 32.8 Å². The Hall–Kier alpha value is -2.33. The van der Waals surface area contributed by atoms with Crippen LogP contribution >= 0.6 is 0 Å². The fraction of sp³-hybridized carbons (Fsp3) is 0.350. The molecule has 1 fully saturated rings. The highest BCUT2D eigenvalue weighted by molar-refractivity contribution is 7.88. The second kappa shape index (κ2) is 8.58. The van der Waals surface area contributed by atoms with Crippen molar-refractivity contribution in [2.24, 2.45) is 0 Å². The summed E-state index contributed by atoms with van der Waals surface area (Å²) in [5, 5.41) is 4.58. The number of nitrogens with zero attached hydrogens (tertiary/aromatic N) is 2. The van der Waals surface area contributed by atoms with Crippen molar-refractivity contribution in [3.63, 3.8) is 0 Å². The summed E-state index contributed by atoms with van der Waals surface area (Å²) >= 11 is 0. The molecule has 1 aliphatic rings. The molecular weight excluding hydrogens is 397 g/mol. The van der Waals surface area contributed by atoms with Gasteiger partial charge < -0.3 is 9.26 Å². The summed E-state index contributed by atoms with van der Waals surface area (Å²) in [4.78, 5) is 2.14. The van der Waals surface area contributed by atoms with E-state index in [4.69, 9.17) is 9.26 Å². The largest absolute Gasteiger partial charge is 0.379 e. The summed E-state index contributed by atoms with van der Waals surface area (Å²) < 4.78 is 52.1. The van der Waals surface area contributed by atoms with E-state index in [2.05, 4.69) is 14.8 Å². The van der Waals surface area contributed by atoms with E-state index in [1.807, 2.05) is 6.07 Å². The van der Waals surface area contributed by atoms with Gasteiger partial charge in [0, 0.05) is 31.1 Å². The van der Waals surface area contributed by atoms with Gasteiger partial charge >= 0.3 is 0 Å². The zero-order chi connectivity index (χ0) is 20.3. The van der Waals surface area contributed by atoms with E-state index in [-0.39, 0.29) is 24.2 Å². The standard InChI is InChI=1S/C20H22FN3O4S/c21-16-7-5-15(6-8-16)19(24-9-11-27-12-10-24)13-22-29(25,26)14-18-17-3-1-2-4-20(17)28-23-18/h1-8,19,22H,9-14H2. The molecule has 1 unspecified atom stereocenters. The van der Waals surface area contributed by atoms with Crippen LogP contribution in [0.1, 0.15) is 17.3 Å². The molecule has 7 nitrogen and oxygen atoms in total. The van der Waals surface area contributed by atoms with E-state index in [1.54, 1.807) is 30.3 Å². The predicted octanol–water partition coefficient (Wildman–Crippen LogP) is 2.46. The van der Waals surface area contributed by atoms with Crippen molar-refractivity contribution < 1.29 is 22.1 Å². The van der Waals surface area contributed by atoms with Crippen molar-refractivity contribution in [3.8, 4) is 0 Å². The highest BCUT2D eigenvalue weighted by Crippen LogP contribution is 2.23. The minimum Gasteiger partial charge on any atom is -0.379 e. The minimum absolute atomic E-state index is 0.170. The number of rotatable bonds is 7. The molecule has 0 bridgehead atoms. The van der Waals surface area contributed by atoms with Gasteiger partial charge in [-0.25, -0.2) is 17.5 Å². The van der Waals surface area contributed by atoms with E-state index < -0.39 is 10.0 Å². The van der Waals surface area contributed by atoms with Gasteiger partial charge in [-0.3, -0.25) is 4.90 Å². The van der Waals surface area contributed by atoms with Crippen molar-refractivity contribution in [3.05, 3.63) is 65.6 Å². The fourth-order valence-electron chi connectivity index (χ4n) is 3.51. The fourth-order valence-corrected chi connectivity index (χ4v) is 4.59. The molecule has 1 aliphatic heterocycles. The maximum absolute atomic E-state index is 13.3. The molecule has 0 saturated carbocycles. The lowest BCUT2D eigenvalue weighted by atomic mass is 10.0. The maximum Gasteiger partial charge on any atom is 0.217 e. The zero-order valence-corrected chi connectivity index (χ0v) is 16.6. The molecule has 0 radical (unpaired) electrons. The number of ether oxygens (including phenoxy) is 1. The average Bonchev–Trinajstić information content (AvgIpc) is 3.12. The summed E-state index contributed by atoms with van der Waals surface area (Å²) in [6.45, 7) is 2.68. The molecule has 0 aliphatic carbocycles. The van der Waals surface area contributed by atoms with Crippen LogP contribution in [0.2, 0.25) is 0 Å². The SMILES string of the molecule is O=S(=O)(Cc1noc2ccccc12)NCC(c1ccc(F)cc1)N1CCOCC1. The van der Waals surface area contributed by atoms with E-state index in [9.17, 15) is 12.8 Å². The highest BCUT2D eigenvalue weighted by atomic mass is 32.2. The molecule has 0 spiro atoms. The summed E-state index contributed by atoms with van der Waals surface area (Å²) in [5.41, 5.74) is 1.77. The van der Waals surface area contributed by atoms with E-state index in [0.29, 0.717) is 43.0 Å². The molecule has 1 aromatic heterocycles. The van der Waals surface area contributed by atoms with Crippen LogP contribution in [0, 0.1) is 5.82 Å². The molecule has 0 amide bonds. The van der Waals surface area contributed by atoms with Gasteiger partial charge in [-0.05, 0) is 29.8 Å². The van der Waals surface area contributed by atoms with Gasteiger partial charge in [0.2, 0.25) is 10.0 Å². The lowest BCUT2D eigenvalue weighted by Gasteiger charge is -2.34. The third-order valence-corrected chi connectivity index (χ3v) is 6.28. The smallest absolute Gasteiger partial charge is 0.217 e. The Morgan fingerprint density at radius 1 is 1.10 bits per heavy atom. The Kier molecular flexibility index (Phi) is 5.91. The van der Waals surface area contributed by atoms with Crippen molar-refractivity contribution in [1.82, 2.24) is 14.8 Å². The van der Waals surface area contributed by atoms with Crippen molar-refractivity contribution in [2.45, 2.75) is 11.8 Å². The van der Waals surface area contributed by atoms with Gasteiger partial charge in [0.05, 0.1) is 13.2 Å². The van der Waals surface area contributed by atoms with E-state index in [0.717, 1.165) is 5.56 Å². The maximum atomic E-state index is 13.3. The van der Waals surface area contributed by atoms with Crippen LogP contribution in [0.15, 0.2) is 53.1 Å². The first-order valence-corrected chi connectivity index (χ1v) is 11.0. The van der Waals surface area contributed by atoms with Crippen molar-refractivity contribution in [1.29, 1.82) is 0 Å². The molecule has 4 rings (SSSR count). The van der Waals surface area contributed by atoms with Crippen LogP contribution < -0.4 is 4.72 Å². The molecule has 2 aromatic carbocycles. The van der Waals surface area contributed by atoms with Crippen LogP contribution in [0.25, 0.3) is 11.0 Å². The average molecular weight is 419 g/mol. The van der Waals surface area contributed by atoms with E-state index >= 15 is 0 Å². The van der Waals surface area contributed by atoms with Gasteiger partial charge in [-0.1, -0.05) is 29.4 Å². The second-order valence-electron chi connectivity index (χ2n) is 6.95. The molecular formula is C20H22FN3O4S. The normalized spacial score (nSPS) is 16.9. The van der Waals surface area contributed by atoms with Gasteiger partial charge in [-0.15, -0.1) is 0 Å². The Labute approximate surface area is 168 Å². The number of sulfonamides is 1. The van der Waals surface area contributed by atoms with Crippen molar-refractivity contribution >= 4 is 21.0 Å².